The third-order valence-electron chi connectivity index (χ3n) is 27.5. The van der Waals surface area contributed by atoms with Crippen LogP contribution in [0.1, 0.15) is 195 Å². The fourth-order valence-corrected chi connectivity index (χ4v) is 21.9. The van der Waals surface area contributed by atoms with Gasteiger partial charge in [-0.3, -0.25) is 0 Å². The van der Waals surface area contributed by atoms with E-state index in [1.54, 1.807) is 0 Å². The standard InChI is InChI=1S/C136H135BN4/c1-130(2,3)82-88-38-34-50-100(66-88)109-80-123(111(74-104(109)86-134(13,14)15)102-52-36-40-90(68-102)84-132(7,8)9)140-125-78-107(138-119-62-54-96(92-42-26-22-27-43-92)70-113(119)114-71-97(55-63-120(114)138)93-44-28-23-29-45-93)58-60-117(125)137-118-61-59-108(139-121-64-56-98(94-46-30-24-31-47-94)72-115(121)116-73-99(57-65-122(116)139)95-48-32-25-33-49-95)79-126(118)141(128-77-106(136(19,20)21)76-127(140)129(128)137)124-81-110(101-51-35-39-89(67-101)83-131(4,5)6)105(87-135(16,17)18)75-112(124)103-53-37-41-91(69-103)85-133(10,11)12/h22-81H,82-87H2,1-21H3/i82D2,83D2,84D2,85D2. The van der Waals surface area contributed by atoms with Crippen molar-refractivity contribution in [3.63, 3.8) is 0 Å². The van der Waals surface area contributed by atoms with E-state index in [1.165, 1.54) is 0 Å². The number of rotatable bonds is 18. The molecule has 0 aliphatic carbocycles. The fraction of sp³-hybridized carbons (Fsp3) is 0.250. The van der Waals surface area contributed by atoms with Gasteiger partial charge in [-0.25, -0.2) is 0 Å². The van der Waals surface area contributed by atoms with Crippen molar-refractivity contribution in [2.75, 3.05) is 9.80 Å². The van der Waals surface area contributed by atoms with Crippen LogP contribution in [0, 0.1) is 32.5 Å². The normalized spacial score (nSPS) is 14.4. The third kappa shape index (κ3) is 18.9. The van der Waals surface area contributed by atoms with Crippen LogP contribution in [0.3, 0.4) is 0 Å². The SMILES string of the molecule is [2H]C([2H])(c1cccc(-c2cc(N3c4cc(-n5c6ccc(-c7ccccc7)cc6c6cc(-c7ccccc7)ccc65)ccc4B4c5ccc(-n6c7ccc(-c8ccccc8)cc7c7cc(-c8ccccc8)ccc76)cc5N(c5cc(-c6cccc(C([2H])([2H])C(C)(C)C)c6)c(CC(C)(C)C)cc5-c5cccc(C([2H])([2H])C(C)(C)C)c5)c5cc(C(C)(C)C)cc3c54)c(-c3cccc(C([2H])([2H])C(C)(C)C)c3)cc2CC(C)(C)C)c1)C(C)(C)C. The molecule has 4 heterocycles. The van der Waals surface area contributed by atoms with Gasteiger partial charge in [-0.1, -0.05) is 400 Å². The van der Waals surface area contributed by atoms with Crippen molar-refractivity contribution >= 4 is 101 Å². The Hall–Kier alpha value is -14.0. The second kappa shape index (κ2) is 35.7. The Labute approximate surface area is 850 Å². The molecule has 0 bridgehead atoms. The first-order chi connectivity index (χ1) is 70.3. The minimum atomic E-state index is -1.81. The van der Waals surface area contributed by atoms with Gasteiger partial charge in [-0.15, -0.1) is 0 Å². The number of nitrogens with zero attached hydrogens (tertiary/aromatic N) is 4. The Morgan fingerprint density at radius 3 is 0.766 bits per heavy atom. The van der Waals surface area contributed by atoms with Gasteiger partial charge in [0.2, 0.25) is 0 Å². The Morgan fingerprint density at radius 1 is 0.220 bits per heavy atom. The highest BCUT2D eigenvalue weighted by Crippen LogP contribution is 2.55. The van der Waals surface area contributed by atoms with Crippen molar-refractivity contribution in [2.45, 2.75) is 189 Å². The lowest BCUT2D eigenvalue weighted by molar-refractivity contribution is 0.410. The molecule has 0 amide bonds. The van der Waals surface area contributed by atoms with E-state index >= 15 is 0 Å². The van der Waals surface area contributed by atoms with Gasteiger partial charge in [0.05, 0.1) is 33.4 Å². The molecule has 21 rings (SSSR count). The predicted molar refractivity (Wildman–Crippen MR) is 610 cm³/mol. The molecule has 2 aromatic heterocycles. The molecule has 5 heteroatoms. The van der Waals surface area contributed by atoms with Crippen LogP contribution in [0.4, 0.5) is 34.1 Å². The van der Waals surface area contributed by atoms with Crippen molar-refractivity contribution in [2.24, 2.45) is 32.5 Å². The minimum absolute atomic E-state index is 0.287. The Kier molecular flexibility index (Phi) is 21.2. The maximum Gasteiger partial charge on any atom is 0.252 e. The van der Waals surface area contributed by atoms with Crippen LogP contribution >= 0.6 is 0 Å². The van der Waals surface area contributed by atoms with E-state index in [4.69, 9.17) is 0 Å². The summed E-state index contributed by atoms with van der Waals surface area (Å²) < 4.78 is 86.3. The molecule has 0 saturated carbocycles. The van der Waals surface area contributed by atoms with Gasteiger partial charge in [-0.2, -0.15) is 0 Å². The molecule has 141 heavy (non-hydrogen) atoms. The molecular weight excluding hydrogens is 1700 g/mol. The van der Waals surface area contributed by atoms with E-state index in [2.05, 4.69) is 397 Å². The zero-order chi connectivity index (χ0) is 105. The van der Waals surface area contributed by atoms with Gasteiger partial charge in [0.1, 0.15) is 0 Å². The molecule has 0 unspecified atom stereocenters. The van der Waals surface area contributed by atoms with Gasteiger partial charge in [0.15, 0.2) is 0 Å². The molecule has 0 N–H and O–H groups in total. The molecule has 2 aliphatic heterocycles. The number of anilines is 6. The highest BCUT2D eigenvalue weighted by Gasteiger charge is 2.47. The summed E-state index contributed by atoms with van der Waals surface area (Å²) in [5, 5.41) is 4.42. The van der Waals surface area contributed by atoms with Crippen LogP contribution in [0.5, 0.6) is 0 Å². The minimum Gasteiger partial charge on any atom is -0.311 e. The molecule has 0 radical (unpaired) electrons. The molecule has 17 aromatic carbocycles. The second-order valence-corrected chi connectivity index (χ2v) is 47.2. The molecule has 0 saturated heterocycles. The third-order valence-corrected chi connectivity index (χ3v) is 27.5. The topological polar surface area (TPSA) is 16.3 Å². The molecule has 702 valence electrons. The Balaban J connectivity index is 0.952. The lowest BCUT2D eigenvalue weighted by Crippen LogP contribution is -2.61. The highest BCUT2D eigenvalue weighted by molar-refractivity contribution is 7.00. The zero-order valence-corrected chi connectivity index (χ0v) is 85.9. The number of hydrogen-bond acceptors (Lipinski definition) is 2. The largest absolute Gasteiger partial charge is 0.311 e. The average Bonchev–Trinajstić information content (AvgIpc) is 1.16. The van der Waals surface area contributed by atoms with Crippen LogP contribution in [-0.2, 0) is 43.7 Å². The quantitative estimate of drug-likeness (QED) is 0.0796. The van der Waals surface area contributed by atoms with Crippen molar-refractivity contribution in [3.05, 3.63) is 403 Å². The van der Waals surface area contributed by atoms with Gasteiger partial charge in [0.25, 0.3) is 6.71 Å². The second-order valence-electron chi connectivity index (χ2n) is 47.2. The maximum atomic E-state index is 10.3. The van der Waals surface area contributed by atoms with Crippen molar-refractivity contribution < 1.29 is 11.0 Å². The lowest BCUT2D eigenvalue weighted by Gasteiger charge is -2.46. The number of fused-ring (bicyclic) bond motifs is 10. The van der Waals surface area contributed by atoms with Gasteiger partial charge in [-0.05, 0) is 319 Å². The summed E-state index contributed by atoms with van der Waals surface area (Å²) in [6, 6.07) is 133. The Bertz CT molecular complexity index is 7810. The molecule has 4 nitrogen and oxygen atoms in total. The van der Waals surface area contributed by atoms with E-state index in [9.17, 15) is 11.0 Å². The molecule has 19 aromatic rings. The average molecular weight is 1840 g/mol. The van der Waals surface area contributed by atoms with Crippen LogP contribution in [0.25, 0.3) is 144 Å². The smallest absolute Gasteiger partial charge is 0.252 e. The van der Waals surface area contributed by atoms with E-state index in [1.807, 2.05) is 132 Å². The van der Waals surface area contributed by atoms with E-state index in [0.717, 1.165) is 211 Å². The van der Waals surface area contributed by atoms with Crippen LogP contribution in [0.2, 0.25) is 0 Å². The van der Waals surface area contributed by atoms with Crippen molar-refractivity contribution in [1.29, 1.82) is 0 Å². The molecular formula is C136H135BN4. The summed E-state index contributed by atoms with van der Waals surface area (Å²) in [5.41, 5.74) is 31.5. The summed E-state index contributed by atoms with van der Waals surface area (Å²) >= 11 is 0. The molecule has 0 spiro atoms. The van der Waals surface area contributed by atoms with Crippen LogP contribution in [0.15, 0.2) is 364 Å². The number of hydrogen-bond donors (Lipinski definition) is 0. The molecule has 0 atom stereocenters. The first-order valence-electron chi connectivity index (χ1n) is 54.5. The lowest BCUT2D eigenvalue weighted by atomic mass is 9.33. The van der Waals surface area contributed by atoms with Gasteiger partial charge < -0.3 is 18.9 Å². The van der Waals surface area contributed by atoms with E-state index < -0.39 is 59.3 Å². The number of aromatic nitrogens is 2. The fourth-order valence-electron chi connectivity index (χ4n) is 21.9. The predicted octanol–water partition coefficient (Wildman–Crippen LogP) is 36.1. The van der Waals surface area contributed by atoms with E-state index in [0.29, 0.717) is 35.1 Å². The zero-order valence-electron chi connectivity index (χ0n) is 93.9. The molecule has 2 aliphatic rings. The van der Waals surface area contributed by atoms with Gasteiger partial charge in [0, 0.05) is 77.8 Å². The first-order valence-corrected chi connectivity index (χ1v) is 50.5. The Morgan fingerprint density at radius 2 is 0.496 bits per heavy atom. The maximum absolute atomic E-state index is 10.3. The first kappa shape index (κ1) is 83.9. The van der Waals surface area contributed by atoms with E-state index in [-0.39, 0.29) is 10.8 Å². The summed E-state index contributed by atoms with van der Waals surface area (Å²) in [5.74, 6) is 0. The summed E-state index contributed by atoms with van der Waals surface area (Å²) in [6.07, 6.45) is -5.89. The van der Waals surface area contributed by atoms with Crippen LogP contribution in [-0.4, -0.2) is 15.8 Å². The number of benzene rings is 17. The summed E-state index contributed by atoms with van der Waals surface area (Å²) in [6.45, 7) is 44.0. The monoisotopic (exact) mass is 1840 g/mol. The van der Waals surface area contributed by atoms with Gasteiger partial charge >= 0.3 is 0 Å². The van der Waals surface area contributed by atoms with Crippen molar-refractivity contribution in [1.82, 2.24) is 9.13 Å². The highest BCUT2D eigenvalue weighted by atomic mass is 15.2. The summed E-state index contributed by atoms with van der Waals surface area (Å²) in [4.78, 5) is 5.16. The van der Waals surface area contributed by atoms with Crippen LogP contribution < -0.4 is 26.2 Å². The summed E-state index contributed by atoms with van der Waals surface area (Å²) in [7, 11) is 0. The van der Waals surface area contributed by atoms with Crippen molar-refractivity contribution in [3.8, 4) is 100 Å². The molecule has 0 fully saturated rings.